The number of rotatable bonds is 3. The van der Waals surface area contributed by atoms with E-state index in [9.17, 15) is 13.2 Å². The molecule has 1 saturated heterocycles. The van der Waals surface area contributed by atoms with Crippen molar-refractivity contribution in [2.24, 2.45) is 5.92 Å². The maximum atomic E-state index is 13.0. The Morgan fingerprint density at radius 1 is 1.36 bits per heavy atom. The smallest absolute Gasteiger partial charge is 0.246 e. The van der Waals surface area contributed by atoms with Gasteiger partial charge in [0.1, 0.15) is 22.0 Å². The summed E-state index contributed by atoms with van der Waals surface area (Å²) in [6, 6.07) is 4.18. The first kappa shape index (κ1) is 15.3. The zero-order chi connectivity index (χ0) is 15.9. The summed E-state index contributed by atoms with van der Waals surface area (Å²) >= 11 is 0.975. The van der Waals surface area contributed by atoms with E-state index in [1.54, 1.807) is 12.1 Å². The average molecular weight is 340 g/mol. The number of carbonyl (C=O) groups is 1. The van der Waals surface area contributed by atoms with Gasteiger partial charge in [-0.05, 0) is 18.1 Å². The van der Waals surface area contributed by atoms with Crippen molar-refractivity contribution in [1.82, 2.24) is 18.4 Å². The number of benzene rings is 1. The molecule has 2 heterocycles. The molecule has 1 aliphatic heterocycles. The highest BCUT2D eigenvalue weighted by Gasteiger charge is 2.40. The minimum Gasteiger partial charge on any atom is -0.353 e. The first-order valence-corrected chi connectivity index (χ1v) is 9.11. The Kier molecular flexibility index (Phi) is 3.87. The van der Waals surface area contributed by atoms with Crippen molar-refractivity contribution in [1.29, 1.82) is 0 Å². The van der Waals surface area contributed by atoms with E-state index < -0.39 is 16.1 Å². The van der Waals surface area contributed by atoms with Crippen molar-refractivity contribution in [3.63, 3.8) is 0 Å². The van der Waals surface area contributed by atoms with Gasteiger partial charge in [0.25, 0.3) is 0 Å². The summed E-state index contributed by atoms with van der Waals surface area (Å²) in [5.41, 5.74) is 0.912. The summed E-state index contributed by atoms with van der Waals surface area (Å²) < 4.78 is 35.5. The molecule has 22 heavy (non-hydrogen) atoms. The highest BCUT2D eigenvalue weighted by atomic mass is 32.2. The van der Waals surface area contributed by atoms with Crippen molar-refractivity contribution in [2.75, 3.05) is 13.1 Å². The number of hydrogen-bond acceptors (Lipinski definition) is 6. The van der Waals surface area contributed by atoms with E-state index in [4.69, 9.17) is 0 Å². The molecule has 3 rings (SSSR count). The predicted octanol–water partition coefficient (Wildman–Crippen LogP) is 0.836. The van der Waals surface area contributed by atoms with Gasteiger partial charge in [0.15, 0.2) is 0 Å². The third-order valence-corrected chi connectivity index (χ3v) is 6.13. The summed E-state index contributed by atoms with van der Waals surface area (Å²) in [7, 11) is -3.81. The third kappa shape index (κ3) is 2.38. The van der Waals surface area contributed by atoms with Crippen LogP contribution in [0.4, 0.5) is 0 Å². The Balaban J connectivity index is 2.12. The average Bonchev–Trinajstić information content (AvgIpc) is 2.94. The third-order valence-electron chi connectivity index (χ3n) is 3.68. The maximum absolute atomic E-state index is 13.0. The Bertz CT molecular complexity index is 816. The van der Waals surface area contributed by atoms with Crippen molar-refractivity contribution < 1.29 is 13.2 Å². The second kappa shape index (κ2) is 5.56. The van der Waals surface area contributed by atoms with Crippen LogP contribution in [0.5, 0.6) is 0 Å². The van der Waals surface area contributed by atoms with E-state index in [0.29, 0.717) is 17.6 Å². The van der Waals surface area contributed by atoms with Crippen molar-refractivity contribution in [2.45, 2.75) is 24.8 Å². The van der Waals surface area contributed by atoms with Crippen LogP contribution < -0.4 is 5.32 Å². The van der Waals surface area contributed by atoms with E-state index in [-0.39, 0.29) is 23.3 Å². The summed E-state index contributed by atoms with van der Waals surface area (Å²) in [5.74, 6) is -0.378. The summed E-state index contributed by atoms with van der Waals surface area (Å²) in [6.07, 6.45) is 0. The van der Waals surface area contributed by atoms with Gasteiger partial charge in [0.2, 0.25) is 15.9 Å². The molecule has 1 aromatic carbocycles. The van der Waals surface area contributed by atoms with E-state index in [0.717, 1.165) is 11.7 Å². The van der Waals surface area contributed by atoms with E-state index in [1.807, 2.05) is 13.8 Å². The van der Waals surface area contributed by atoms with Crippen LogP contribution in [0, 0.1) is 5.92 Å². The number of nitrogens with zero attached hydrogens (tertiary/aromatic N) is 3. The number of sulfonamides is 1. The molecular formula is C13H16N4O3S2. The van der Waals surface area contributed by atoms with Crippen molar-refractivity contribution in [3.8, 4) is 0 Å². The minimum absolute atomic E-state index is 0.110. The molecule has 0 radical (unpaired) electrons. The van der Waals surface area contributed by atoms with Crippen LogP contribution in [-0.2, 0) is 14.8 Å². The van der Waals surface area contributed by atoms with Crippen LogP contribution in [-0.4, -0.2) is 46.5 Å². The fourth-order valence-corrected chi connectivity index (χ4v) is 5.16. The van der Waals surface area contributed by atoms with Gasteiger partial charge in [-0.2, -0.15) is 13.1 Å². The second-order valence-electron chi connectivity index (χ2n) is 5.48. The molecule has 0 aliphatic carbocycles. The molecule has 0 bridgehead atoms. The van der Waals surface area contributed by atoms with Gasteiger partial charge >= 0.3 is 0 Å². The van der Waals surface area contributed by atoms with E-state index in [1.165, 1.54) is 10.4 Å². The standard InChI is InChI=1S/C13H16N4O3S2/c1-8(2)12-13(18)14-6-7-17(12)22(19,20)10-5-3-4-9-11(10)16-21-15-9/h3-5,8,12H,6-7H2,1-2H3,(H,14,18)/t12-/m0/s1. The largest absolute Gasteiger partial charge is 0.353 e. The van der Waals surface area contributed by atoms with Crippen molar-refractivity contribution >= 4 is 38.7 Å². The lowest BCUT2D eigenvalue weighted by atomic mass is 10.0. The molecule has 1 fully saturated rings. The summed E-state index contributed by atoms with van der Waals surface area (Å²) in [4.78, 5) is 12.2. The predicted molar refractivity (Wildman–Crippen MR) is 82.9 cm³/mol. The fraction of sp³-hybridized carbons (Fsp3) is 0.462. The minimum atomic E-state index is -3.81. The molecule has 0 spiro atoms. The number of fused-ring (bicyclic) bond motifs is 1. The molecule has 1 amide bonds. The Morgan fingerprint density at radius 2 is 2.14 bits per heavy atom. The van der Waals surface area contributed by atoms with Gasteiger partial charge < -0.3 is 5.32 Å². The van der Waals surface area contributed by atoms with Crippen LogP contribution in [0.15, 0.2) is 23.1 Å². The number of nitrogens with one attached hydrogen (secondary N) is 1. The lowest BCUT2D eigenvalue weighted by molar-refractivity contribution is -0.128. The number of carbonyl (C=O) groups excluding carboxylic acids is 1. The molecule has 9 heteroatoms. The first-order valence-electron chi connectivity index (χ1n) is 6.94. The molecule has 0 unspecified atom stereocenters. The molecule has 0 saturated carbocycles. The SMILES string of the molecule is CC(C)[C@H]1C(=O)NCCN1S(=O)(=O)c1cccc2nsnc12. The van der Waals surface area contributed by atoms with Gasteiger partial charge in [-0.3, -0.25) is 4.79 Å². The monoisotopic (exact) mass is 340 g/mol. The molecule has 1 atom stereocenters. The second-order valence-corrected chi connectivity index (χ2v) is 7.87. The quantitative estimate of drug-likeness (QED) is 0.894. The van der Waals surface area contributed by atoms with Crippen LogP contribution in [0.2, 0.25) is 0 Å². The topological polar surface area (TPSA) is 92.3 Å². The normalized spacial score (nSPS) is 20.5. The molecule has 7 nitrogen and oxygen atoms in total. The van der Waals surface area contributed by atoms with Gasteiger partial charge in [-0.25, -0.2) is 8.42 Å². The Hall–Kier alpha value is -1.58. The number of amides is 1. The van der Waals surface area contributed by atoms with Crippen LogP contribution in [0.3, 0.4) is 0 Å². The highest BCUT2D eigenvalue weighted by Crippen LogP contribution is 2.28. The number of piperazine rings is 1. The number of aromatic nitrogens is 2. The molecule has 1 aromatic heterocycles. The van der Waals surface area contributed by atoms with Crippen LogP contribution >= 0.6 is 11.7 Å². The number of hydrogen-bond donors (Lipinski definition) is 1. The van der Waals surface area contributed by atoms with Gasteiger partial charge in [-0.1, -0.05) is 19.9 Å². The first-order chi connectivity index (χ1) is 10.4. The zero-order valence-corrected chi connectivity index (χ0v) is 13.8. The van der Waals surface area contributed by atoms with E-state index >= 15 is 0 Å². The van der Waals surface area contributed by atoms with Gasteiger partial charge in [-0.15, -0.1) is 0 Å². The fourth-order valence-electron chi connectivity index (χ4n) is 2.68. The molecule has 1 aliphatic rings. The molecule has 2 aromatic rings. The lowest BCUT2D eigenvalue weighted by Gasteiger charge is -2.36. The van der Waals surface area contributed by atoms with E-state index in [2.05, 4.69) is 14.1 Å². The molecule has 1 N–H and O–H groups in total. The Labute approximate surface area is 132 Å². The maximum Gasteiger partial charge on any atom is 0.246 e. The molecule has 118 valence electrons. The summed E-state index contributed by atoms with van der Waals surface area (Å²) in [5, 5.41) is 2.73. The lowest BCUT2D eigenvalue weighted by Crippen LogP contribution is -2.59. The van der Waals surface area contributed by atoms with Gasteiger partial charge in [0.05, 0.1) is 11.7 Å². The zero-order valence-electron chi connectivity index (χ0n) is 12.2. The van der Waals surface area contributed by atoms with Crippen molar-refractivity contribution in [3.05, 3.63) is 18.2 Å². The highest BCUT2D eigenvalue weighted by molar-refractivity contribution is 7.89. The molecular weight excluding hydrogens is 324 g/mol. The Morgan fingerprint density at radius 3 is 2.86 bits per heavy atom. The van der Waals surface area contributed by atoms with Crippen LogP contribution in [0.1, 0.15) is 13.8 Å². The van der Waals surface area contributed by atoms with Gasteiger partial charge in [0, 0.05) is 13.1 Å². The van der Waals surface area contributed by atoms with Crippen LogP contribution in [0.25, 0.3) is 11.0 Å². The summed E-state index contributed by atoms with van der Waals surface area (Å²) in [6.45, 7) is 4.24.